The van der Waals surface area contributed by atoms with Crippen LogP contribution in [0, 0.1) is 5.92 Å². The van der Waals surface area contributed by atoms with Gasteiger partial charge in [-0.25, -0.2) is 0 Å². The van der Waals surface area contributed by atoms with Gasteiger partial charge in [0.05, 0.1) is 5.92 Å². The molecule has 1 saturated heterocycles. The highest BCUT2D eigenvalue weighted by Gasteiger charge is 2.34. The third-order valence-corrected chi connectivity index (χ3v) is 6.34. The van der Waals surface area contributed by atoms with E-state index >= 15 is 0 Å². The summed E-state index contributed by atoms with van der Waals surface area (Å²) >= 11 is 3.02. The molecule has 2 aromatic rings. The second-order valence-corrected chi connectivity index (χ2v) is 8.51. The lowest BCUT2D eigenvalue weighted by molar-refractivity contribution is -0.128. The van der Waals surface area contributed by atoms with Gasteiger partial charge in [-0.2, -0.15) is 0 Å². The Bertz CT molecular complexity index is 751. The summed E-state index contributed by atoms with van der Waals surface area (Å²) in [5.74, 6) is 0.547. The molecule has 138 valence electrons. The number of nitrogens with zero attached hydrogens (tertiary/aromatic N) is 3. The number of likely N-dealkylation sites (tertiary alicyclic amines) is 1. The number of nitrogens with one attached hydrogen (secondary N) is 1. The molecule has 1 aromatic heterocycles. The van der Waals surface area contributed by atoms with Gasteiger partial charge in [-0.1, -0.05) is 60.4 Å². The summed E-state index contributed by atoms with van der Waals surface area (Å²) in [5, 5.41) is 11.4. The third kappa shape index (κ3) is 5.04. The molecule has 0 spiro atoms. The monoisotopic (exact) mass is 390 g/mol. The van der Waals surface area contributed by atoms with E-state index in [1.807, 2.05) is 30.3 Å². The van der Waals surface area contributed by atoms with Crippen LogP contribution in [0.4, 0.5) is 5.13 Å². The molecule has 1 aromatic carbocycles. The lowest BCUT2D eigenvalue weighted by Gasteiger charge is -2.16. The number of rotatable bonds is 8. The van der Waals surface area contributed by atoms with Crippen LogP contribution in [-0.2, 0) is 16.0 Å². The van der Waals surface area contributed by atoms with Crippen molar-refractivity contribution in [2.45, 2.75) is 30.5 Å². The zero-order chi connectivity index (χ0) is 18.4. The van der Waals surface area contributed by atoms with Gasteiger partial charge in [0, 0.05) is 25.3 Å². The minimum Gasteiger partial charge on any atom is -0.342 e. The molecule has 8 heteroatoms. The van der Waals surface area contributed by atoms with Crippen molar-refractivity contribution in [1.82, 2.24) is 15.1 Å². The third-order valence-electron chi connectivity index (χ3n) is 4.16. The lowest BCUT2D eigenvalue weighted by Crippen LogP contribution is -2.30. The van der Waals surface area contributed by atoms with E-state index in [9.17, 15) is 9.59 Å². The summed E-state index contributed by atoms with van der Waals surface area (Å²) in [6.07, 6.45) is 2.13. The van der Waals surface area contributed by atoms with E-state index in [1.54, 1.807) is 16.7 Å². The van der Waals surface area contributed by atoms with Crippen LogP contribution in [0.25, 0.3) is 0 Å². The SMILES string of the molecule is CCCSc1nnc(NC(=O)C2CC(=O)N(CCc3ccccc3)C2)s1. The quantitative estimate of drug-likeness (QED) is 0.554. The van der Waals surface area contributed by atoms with Crippen LogP contribution in [-0.4, -0.2) is 45.8 Å². The zero-order valence-electron chi connectivity index (χ0n) is 14.7. The van der Waals surface area contributed by atoms with Crippen LogP contribution in [0.2, 0.25) is 0 Å². The number of amides is 2. The molecule has 3 rings (SSSR count). The number of thioether (sulfide) groups is 1. The largest absolute Gasteiger partial charge is 0.342 e. The molecule has 1 fully saturated rings. The van der Waals surface area contributed by atoms with Crippen molar-refractivity contribution < 1.29 is 9.59 Å². The molecule has 0 bridgehead atoms. The number of anilines is 1. The zero-order valence-corrected chi connectivity index (χ0v) is 16.3. The number of hydrogen-bond donors (Lipinski definition) is 1. The topological polar surface area (TPSA) is 75.2 Å². The Morgan fingerprint density at radius 2 is 2.15 bits per heavy atom. The fraction of sp³-hybridized carbons (Fsp3) is 0.444. The van der Waals surface area contributed by atoms with Gasteiger partial charge in [-0.3, -0.25) is 9.59 Å². The first kappa shape index (κ1) is 18.8. The van der Waals surface area contributed by atoms with Gasteiger partial charge in [-0.15, -0.1) is 10.2 Å². The number of aromatic nitrogens is 2. The van der Waals surface area contributed by atoms with E-state index in [4.69, 9.17) is 0 Å². The van der Waals surface area contributed by atoms with E-state index in [0.29, 0.717) is 18.2 Å². The summed E-state index contributed by atoms with van der Waals surface area (Å²) in [6, 6.07) is 10.1. The van der Waals surface area contributed by atoms with E-state index in [2.05, 4.69) is 22.4 Å². The Kier molecular flexibility index (Phi) is 6.62. The van der Waals surface area contributed by atoms with Crippen molar-refractivity contribution >= 4 is 40.0 Å². The second kappa shape index (κ2) is 9.14. The molecule has 0 saturated carbocycles. The van der Waals surface area contributed by atoms with Gasteiger partial charge in [-0.05, 0) is 18.4 Å². The summed E-state index contributed by atoms with van der Waals surface area (Å²) in [6.45, 7) is 3.22. The van der Waals surface area contributed by atoms with Crippen LogP contribution in [0.1, 0.15) is 25.3 Å². The van der Waals surface area contributed by atoms with Crippen molar-refractivity contribution in [1.29, 1.82) is 0 Å². The van der Waals surface area contributed by atoms with Gasteiger partial charge in [0.2, 0.25) is 16.9 Å². The van der Waals surface area contributed by atoms with E-state index in [0.717, 1.165) is 22.9 Å². The fourth-order valence-corrected chi connectivity index (χ4v) is 4.47. The summed E-state index contributed by atoms with van der Waals surface area (Å²) in [5.41, 5.74) is 1.19. The first-order chi connectivity index (χ1) is 12.7. The second-order valence-electron chi connectivity index (χ2n) is 6.19. The smallest absolute Gasteiger partial charge is 0.231 e. The molecule has 1 N–H and O–H groups in total. The number of hydrogen-bond acceptors (Lipinski definition) is 6. The van der Waals surface area contributed by atoms with E-state index < -0.39 is 0 Å². The molecule has 2 amide bonds. The molecular formula is C18H22N4O2S2. The Labute approximate surface area is 161 Å². The van der Waals surface area contributed by atoms with Crippen LogP contribution in [0.3, 0.4) is 0 Å². The minimum atomic E-state index is -0.325. The minimum absolute atomic E-state index is 0.0394. The number of benzene rings is 1. The highest BCUT2D eigenvalue weighted by molar-refractivity contribution is 8.01. The summed E-state index contributed by atoms with van der Waals surface area (Å²) < 4.78 is 0.856. The van der Waals surface area contributed by atoms with Gasteiger partial charge in [0.1, 0.15) is 0 Å². The van der Waals surface area contributed by atoms with E-state index in [-0.39, 0.29) is 24.2 Å². The van der Waals surface area contributed by atoms with Gasteiger partial charge >= 0.3 is 0 Å². The molecule has 1 aliphatic heterocycles. The first-order valence-corrected chi connectivity index (χ1v) is 10.5. The predicted molar refractivity (Wildman–Crippen MR) is 104 cm³/mol. The average molecular weight is 391 g/mol. The fourth-order valence-electron chi connectivity index (χ4n) is 2.79. The van der Waals surface area contributed by atoms with Crippen LogP contribution in [0.15, 0.2) is 34.7 Å². The highest BCUT2D eigenvalue weighted by atomic mass is 32.2. The van der Waals surface area contributed by atoms with E-state index in [1.165, 1.54) is 16.9 Å². The summed E-state index contributed by atoms with van der Waals surface area (Å²) in [4.78, 5) is 26.4. The molecule has 0 radical (unpaired) electrons. The molecule has 1 unspecified atom stereocenters. The van der Waals surface area contributed by atoms with Gasteiger partial charge in [0.25, 0.3) is 0 Å². The van der Waals surface area contributed by atoms with Crippen molar-refractivity contribution in [3.05, 3.63) is 35.9 Å². The summed E-state index contributed by atoms with van der Waals surface area (Å²) in [7, 11) is 0. The molecular weight excluding hydrogens is 368 g/mol. The standard InChI is InChI=1S/C18H22N4O2S2/c1-2-10-25-18-21-20-17(26-18)19-16(24)14-11-15(23)22(12-14)9-8-13-6-4-3-5-7-13/h3-7,14H,2,8-12H2,1H3,(H,19,20,24). The highest BCUT2D eigenvalue weighted by Crippen LogP contribution is 2.27. The number of carbonyl (C=O) groups excluding carboxylic acids is 2. The molecule has 2 heterocycles. The molecule has 26 heavy (non-hydrogen) atoms. The van der Waals surface area contributed by atoms with Crippen molar-refractivity contribution in [2.75, 3.05) is 24.2 Å². The molecule has 1 atom stereocenters. The maximum Gasteiger partial charge on any atom is 0.231 e. The Hall–Kier alpha value is -1.93. The maximum absolute atomic E-state index is 12.4. The Morgan fingerprint density at radius 1 is 1.35 bits per heavy atom. The Morgan fingerprint density at radius 3 is 2.92 bits per heavy atom. The molecule has 1 aliphatic rings. The number of carbonyl (C=O) groups is 2. The molecule has 6 nitrogen and oxygen atoms in total. The Balaban J connectivity index is 1.49. The average Bonchev–Trinajstić information content (AvgIpc) is 3.25. The van der Waals surface area contributed by atoms with Crippen molar-refractivity contribution in [2.24, 2.45) is 5.92 Å². The first-order valence-electron chi connectivity index (χ1n) is 8.74. The van der Waals surface area contributed by atoms with Crippen LogP contribution < -0.4 is 5.32 Å². The molecule has 0 aliphatic carbocycles. The predicted octanol–water partition coefficient (Wildman–Crippen LogP) is 3.07. The van der Waals surface area contributed by atoms with Crippen LogP contribution >= 0.6 is 23.1 Å². The maximum atomic E-state index is 12.4. The van der Waals surface area contributed by atoms with Crippen molar-refractivity contribution in [3.63, 3.8) is 0 Å². The van der Waals surface area contributed by atoms with Crippen molar-refractivity contribution in [3.8, 4) is 0 Å². The normalized spacial score (nSPS) is 16.9. The van der Waals surface area contributed by atoms with Crippen LogP contribution in [0.5, 0.6) is 0 Å². The lowest BCUT2D eigenvalue weighted by atomic mass is 10.1. The van der Waals surface area contributed by atoms with Gasteiger partial charge < -0.3 is 10.2 Å². The van der Waals surface area contributed by atoms with Gasteiger partial charge in [0.15, 0.2) is 4.34 Å².